The molecule has 5 nitrogen and oxygen atoms in total. The lowest BCUT2D eigenvalue weighted by Crippen LogP contribution is -2.55. The van der Waals surface area contributed by atoms with Gasteiger partial charge in [-0.3, -0.25) is 9.59 Å². The van der Waals surface area contributed by atoms with E-state index < -0.39 is 28.7 Å². The minimum Gasteiger partial charge on any atom is -0.481 e. The van der Waals surface area contributed by atoms with Gasteiger partial charge in [0.15, 0.2) is 0 Å². The second-order valence-electron chi connectivity index (χ2n) is 13.7. The third-order valence-corrected chi connectivity index (χ3v) is 11.0. The Hall–Kier alpha value is -1.10. The van der Waals surface area contributed by atoms with Crippen molar-refractivity contribution in [2.45, 2.75) is 187 Å². The van der Waals surface area contributed by atoms with E-state index in [2.05, 4.69) is 13.8 Å². The Morgan fingerprint density at radius 3 is 1.43 bits per heavy atom. The molecule has 0 amide bonds. The summed E-state index contributed by atoms with van der Waals surface area (Å²) < 4.78 is 6.06. The number of ether oxygens (including phenoxy) is 1. The van der Waals surface area contributed by atoms with E-state index in [1.54, 1.807) is 0 Å². The molecule has 2 aliphatic carbocycles. The molecule has 5 heteroatoms. The van der Waals surface area contributed by atoms with Gasteiger partial charge in [0, 0.05) is 11.3 Å². The number of rotatable bonds is 26. The summed E-state index contributed by atoms with van der Waals surface area (Å²) in [7, 11) is 0. The molecule has 0 aromatic heterocycles. The smallest absolute Gasteiger partial charge is 0.311 e. The van der Waals surface area contributed by atoms with Crippen molar-refractivity contribution in [1.82, 2.24) is 0 Å². The highest BCUT2D eigenvalue weighted by Gasteiger charge is 2.83. The molecule has 1 heterocycles. The average molecular weight is 563 g/mol. The maximum Gasteiger partial charge on any atom is 0.311 e. The molecule has 2 bridgehead atoms. The van der Waals surface area contributed by atoms with Gasteiger partial charge < -0.3 is 14.9 Å². The Bertz CT molecular complexity index is 752. The number of hydrogen-bond acceptors (Lipinski definition) is 3. The van der Waals surface area contributed by atoms with E-state index in [-0.39, 0.29) is 18.1 Å². The van der Waals surface area contributed by atoms with Gasteiger partial charge in [0.1, 0.15) is 0 Å². The average Bonchev–Trinajstić information content (AvgIpc) is 3.61. The minimum absolute atomic E-state index is 0.0152. The molecule has 3 fully saturated rings. The van der Waals surface area contributed by atoms with E-state index in [0.717, 1.165) is 44.9 Å². The summed E-state index contributed by atoms with van der Waals surface area (Å²) in [4.78, 5) is 25.7. The van der Waals surface area contributed by atoms with Crippen LogP contribution in [0, 0.1) is 22.7 Å². The van der Waals surface area contributed by atoms with E-state index in [9.17, 15) is 19.8 Å². The predicted octanol–water partition coefficient (Wildman–Crippen LogP) is 9.95. The lowest BCUT2D eigenvalue weighted by molar-refractivity contribution is -0.174. The number of carbonyl (C=O) groups is 2. The molecular formula is C35H62O5. The maximum absolute atomic E-state index is 13.1. The molecule has 0 radical (unpaired) electrons. The normalized spacial score (nSPS) is 30.1. The van der Waals surface area contributed by atoms with Gasteiger partial charge in [-0.25, -0.2) is 0 Å². The molecule has 6 atom stereocenters. The Morgan fingerprint density at radius 2 is 1.02 bits per heavy atom. The van der Waals surface area contributed by atoms with E-state index in [4.69, 9.17) is 4.74 Å². The highest BCUT2D eigenvalue weighted by molar-refractivity contribution is 5.87. The van der Waals surface area contributed by atoms with E-state index in [1.165, 1.54) is 109 Å². The van der Waals surface area contributed by atoms with Crippen LogP contribution >= 0.6 is 0 Å². The van der Waals surface area contributed by atoms with Crippen LogP contribution in [0.3, 0.4) is 0 Å². The van der Waals surface area contributed by atoms with Gasteiger partial charge in [0.25, 0.3) is 0 Å². The quantitative estimate of drug-likeness (QED) is 0.0809. The molecular weight excluding hydrogens is 500 g/mol. The van der Waals surface area contributed by atoms with Crippen molar-refractivity contribution in [1.29, 1.82) is 0 Å². The van der Waals surface area contributed by atoms with Gasteiger partial charge in [-0.15, -0.1) is 0 Å². The van der Waals surface area contributed by atoms with E-state index in [0.29, 0.717) is 6.42 Å². The van der Waals surface area contributed by atoms with Crippen molar-refractivity contribution in [2.24, 2.45) is 22.7 Å². The zero-order chi connectivity index (χ0) is 28.8. The van der Waals surface area contributed by atoms with Crippen molar-refractivity contribution in [3.8, 4) is 0 Å². The summed E-state index contributed by atoms with van der Waals surface area (Å²) in [6.07, 6.45) is 29.3. The molecule has 40 heavy (non-hydrogen) atoms. The second-order valence-corrected chi connectivity index (χ2v) is 13.7. The fourth-order valence-corrected chi connectivity index (χ4v) is 8.86. The molecule has 6 unspecified atom stereocenters. The zero-order valence-corrected chi connectivity index (χ0v) is 26.1. The maximum atomic E-state index is 13.1. The number of unbranched alkanes of at least 4 members (excludes halogenated alkanes) is 20. The number of fused-ring (bicyclic) bond motifs is 5. The summed E-state index contributed by atoms with van der Waals surface area (Å²) in [5.74, 6) is -2.71. The van der Waals surface area contributed by atoms with Crippen LogP contribution in [-0.2, 0) is 14.3 Å². The number of carboxylic acids is 2. The first kappa shape index (κ1) is 33.4. The Morgan fingerprint density at radius 1 is 0.625 bits per heavy atom. The summed E-state index contributed by atoms with van der Waals surface area (Å²) in [5.41, 5.74) is -1.66. The molecule has 0 aromatic carbocycles. The predicted molar refractivity (Wildman–Crippen MR) is 163 cm³/mol. The van der Waals surface area contributed by atoms with Crippen LogP contribution in [0.4, 0.5) is 0 Å². The standard InChI is InChI=1S/C35H62O5/c1-3-5-7-9-11-13-15-17-19-21-23-25-34-27-28(30-31(34)40-30)29(32(36)37)35(34,33(38)39)26-24-22-20-18-16-14-12-10-8-6-4-2/h28-31H,3-27H2,1-2H3,(H,36,37)(H,38,39). The fraction of sp³-hybridized carbons (Fsp3) is 0.943. The van der Waals surface area contributed by atoms with Gasteiger partial charge in [-0.2, -0.15) is 0 Å². The van der Waals surface area contributed by atoms with Gasteiger partial charge in [-0.05, 0) is 19.3 Å². The largest absolute Gasteiger partial charge is 0.481 e. The van der Waals surface area contributed by atoms with Crippen LogP contribution in [0.1, 0.15) is 174 Å². The number of aliphatic carboxylic acids is 2. The monoisotopic (exact) mass is 562 g/mol. The van der Waals surface area contributed by atoms with Crippen LogP contribution in [0.2, 0.25) is 0 Å². The van der Waals surface area contributed by atoms with Gasteiger partial charge >= 0.3 is 11.9 Å². The van der Waals surface area contributed by atoms with Crippen LogP contribution in [0.15, 0.2) is 0 Å². The van der Waals surface area contributed by atoms with Crippen LogP contribution in [-0.4, -0.2) is 34.4 Å². The van der Waals surface area contributed by atoms with Gasteiger partial charge in [-0.1, -0.05) is 155 Å². The highest BCUT2D eigenvalue weighted by Crippen LogP contribution is 2.76. The topological polar surface area (TPSA) is 87.1 Å². The lowest BCUT2D eigenvalue weighted by Gasteiger charge is -2.46. The molecule has 1 saturated heterocycles. The fourth-order valence-electron chi connectivity index (χ4n) is 8.86. The molecule has 0 aromatic rings. The molecule has 2 saturated carbocycles. The van der Waals surface area contributed by atoms with Crippen molar-refractivity contribution < 1.29 is 24.5 Å². The second kappa shape index (κ2) is 17.1. The summed E-state index contributed by atoms with van der Waals surface area (Å²) in [5, 5.41) is 21.0. The molecule has 2 N–H and O–H groups in total. The number of carboxylic acid groups (broad SMARTS) is 2. The molecule has 1 aliphatic heterocycles. The van der Waals surface area contributed by atoms with E-state index >= 15 is 0 Å². The third-order valence-electron chi connectivity index (χ3n) is 11.0. The third kappa shape index (κ3) is 8.04. The molecule has 0 spiro atoms. The molecule has 3 rings (SSSR count). The minimum atomic E-state index is -1.17. The van der Waals surface area contributed by atoms with Gasteiger partial charge in [0.05, 0.1) is 23.5 Å². The van der Waals surface area contributed by atoms with Crippen molar-refractivity contribution in [3.63, 3.8) is 0 Å². The Kier molecular flexibility index (Phi) is 14.3. The summed E-state index contributed by atoms with van der Waals surface area (Å²) in [6, 6.07) is 0. The first-order valence-corrected chi connectivity index (χ1v) is 17.6. The first-order valence-electron chi connectivity index (χ1n) is 17.6. The molecule has 232 valence electrons. The SMILES string of the molecule is CCCCCCCCCCCCCC12CC(C3OC31)C(C(=O)O)C2(CCCCCCCCCCCCC)C(=O)O. The Labute approximate surface area is 245 Å². The van der Waals surface area contributed by atoms with Crippen LogP contribution in [0.25, 0.3) is 0 Å². The van der Waals surface area contributed by atoms with Crippen molar-refractivity contribution in [3.05, 3.63) is 0 Å². The van der Waals surface area contributed by atoms with E-state index in [1.807, 2.05) is 0 Å². The Balaban J connectivity index is 1.46. The van der Waals surface area contributed by atoms with Crippen LogP contribution in [0.5, 0.6) is 0 Å². The van der Waals surface area contributed by atoms with Crippen molar-refractivity contribution >= 4 is 11.9 Å². The number of hydrogen-bond donors (Lipinski definition) is 2. The molecule has 3 aliphatic rings. The van der Waals surface area contributed by atoms with Crippen LogP contribution < -0.4 is 0 Å². The van der Waals surface area contributed by atoms with Gasteiger partial charge in [0.2, 0.25) is 0 Å². The summed E-state index contributed by atoms with van der Waals surface area (Å²) in [6.45, 7) is 4.51. The highest BCUT2D eigenvalue weighted by atomic mass is 16.6. The zero-order valence-electron chi connectivity index (χ0n) is 26.1. The lowest BCUT2D eigenvalue weighted by atomic mass is 9.54. The first-order chi connectivity index (χ1) is 19.5. The number of epoxide rings is 1. The summed E-state index contributed by atoms with van der Waals surface area (Å²) >= 11 is 0. The van der Waals surface area contributed by atoms with Crippen molar-refractivity contribution in [2.75, 3.05) is 0 Å².